The van der Waals surface area contributed by atoms with Gasteiger partial charge in [-0.1, -0.05) is 0 Å². The first kappa shape index (κ1) is 10.5. The van der Waals surface area contributed by atoms with Crippen molar-refractivity contribution in [1.82, 2.24) is 5.32 Å². The Labute approximate surface area is 78.3 Å². The molecule has 0 amide bonds. The monoisotopic (exact) mass is 186 g/mol. The number of carbonyl (C=O) groups excluding carboxylic acids is 1. The molecule has 1 fully saturated rings. The number of aliphatic hydroxyl groups is 1. The fraction of sp³-hybridized carbons (Fsp3) is 0.778. The van der Waals surface area contributed by atoms with Gasteiger partial charge in [-0.2, -0.15) is 0 Å². The molecule has 0 aliphatic carbocycles. The molecule has 1 radical (unpaired) electrons. The smallest absolute Gasteiger partial charge is 0.305 e. The van der Waals surface area contributed by atoms with Crippen LogP contribution in [-0.4, -0.2) is 30.8 Å². The third-order valence-corrected chi connectivity index (χ3v) is 2.25. The Balaban J connectivity index is 2.17. The van der Waals surface area contributed by atoms with Gasteiger partial charge in [0.05, 0.1) is 13.2 Å². The molecule has 1 rings (SSSR count). The normalized spacial score (nSPS) is 24.3. The van der Waals surface area contributed by atoms with Crippen molar-refractivity contribution in [2.24, 2.45) is 0 Å². The zero-order chi connectivity index (χ0) is 9.68. The maximum Gasteiger partial charge on any atom is 0.305 e. The van der Waals surface area contributed by atoms with Crippen LogP contribution in [0.1, 0.15) is 25.7 Å². The van der Waals surface area contributed by atoms with Crippen LogP contribution in [0.25, 0.3) is 0 Å². The van der Waals surface area contributed by atoms with E-state index in [1.165, 1.54) is 7.11 Å². The lowest BCUT2D eigenvalue weighted by molar-refractivity contribution is -0.140. The lowest BCUT2D eigenvalue weighted by atomic mass is 9.98. The first-order valence-electron chi connectivity index (χ1n) is 4.56. The molecule has 1 atom stereocenters. The summed E-state index contributed by atoms with van der Waals surface area (Å²) in [6.45, 7) is 0.803. The summed E-state index contributed by atoms with van der Waals surface area (Å²) in [6, 6.07) is 0.229. The number of nitrogens with one attached hydrogen (secondary N) is 1. The van der Waals surface area contributed by atoms with Gasteiger partial charge in [-0.05, 0) is 25.8 Å². The molecule has 1 aliphatic heterocycles. The van der Waals surface area contributed by atoms with E-state index in [1.54, 1.807) is 0 Å². The average Bonchev–Trinajstić information content (AvgIpc) is 2.14. The topological polar surface area (TPSA) is 58.6 Å². The second kappa shape index (κ2) is 5.19. The molecular formula is C9H16NO3. The molecule has 4 nitrogen and oxygen atoms in total. The van der Waals surface area contributed by atoms with Crippen LogP contribution in [0.15, 0.2) is 0 Å². The summed E-state index contributed by atoms with van der Waals surface area (Å²) >= 11 is 0. The molecule has 1 heterocycles. The maximum atomic E-state index is 10.8. The first-order chi connectivity index (χ1) is 6.22. The molecule has 0 saturated carbocycles. The van der Waals surface area contributed by atoms with Gasteiger partial charge >= 0.3 is 5.97 Å². The van der Waals surface area contributed by atoms with Gasteiger partial charge in [0.2, 0.25) is 0 Å². The van der Waals surface area contributed by atoms with Crippen molar-refractivity contribution in [3.05, 3.63) is 6.10 Å². The predicted octanol–water partition coefficient (Wildman–Crippen LogP) is 0.596. The molecule has 1 unspecified atom stereocenters. The van der Waals surface area contributed by atoms with Crippen LogP contribution in [0, 0.1) is 6.10 Å². The lowest BCUT2D eigenvalue weighted by Crippen LogP contribution is -2.37. The van der Waals surface area contributed by atoms with Gasteiger partial charge in [-0.25, -0.2) is 0 Å². The largest absolute Gasteiger partial charge is 0.469 e. The van der Waals surface area contributed by atoms with Crippen LogP contribution in [-0.2, 0) is 9.53 Å². The van der Waals surface area contributed by atoms with E-state index in [0.717, 1.165) is 19.4 Å². The van der Waals surface area contributed by atoms with Gasteiger partial charge in [0.15, 0.2) is 0 Å². The van der Waals surface area contributed by atoms with E-state index in [9.17, 15) is 9.90 Å². The van der Waals surface area contributed by atoms with Crippen molar-refractivity contribution in [2.45, 2.75) is 31.7 Å². The number of rotatable bonds is 3. The van der Waals surface area contributed by atoms with E-state index in [1.807, 2.05) is 0 Å². The quantitative estimate of drug-likeness (QED) is 0.633. The summed E-state index contributed by atoms with van der Waals surface area (Å²) < 4.78 is 4.53. The Kier molecular flexibility index (Phi) is 4.18. The lowest BCUT2D eigenvalue weighted by Gasteiger charge is -2.26. The molecule has 4 heteroatoms. The van der Waals surface area contributed by atoms with Crippen molar-refractivity contribution in [1.29, 1.82) is 0 Å². The van der Waals surface area contributed by atoms with Crippen molar-refractivity contribution < 1.29 is 14.6 Å². The van der Waals surface area contributed by atoms with Crippen LogP contribution < -0.4 is 5.32 Å². The van der Waals surface area contributed by atoms with Crippen molar-refractivity contribution in [3.63, 3.8) is 0 Å². The molecular weight excluding hydrogens is 170 g/mol. The zero-order valence-electron chi connectivity index (χ0n) is 7.88. The van der Waals surface area contributed by atoms with Crippen LogP contribution in [0.4, 0.5) is 0 Å². The van der Waals surface area contributed by atoms with Crippen molar-refractivity contribution in [2.75, 3.05) is 13.7 Å². The first-order valence-corrected chi connectivity index (χ1v) is 4.56. The minimum absolute atomic E-state index is 0.188. The van der Waals surface area contributed by atoms with Gasteiger partial charge in [-0.3, -0.25) is 4.79 Å². The summed E-state index contributed by atoms with van der Waals surface area (Å²) in [5, 5.41) is 12.5. The second-order valence-electron chi connectivity index (χ2n) is 3.29. The Hall–Kier alpha value is -0.610. The highest BCUT2D eigenvalue weighted by atomic mass is 16.5. The standard InChI is InChI=1S/C9H16NO3/c1-13-9(12)3-2-7-6-8(11)4-5-10-7/h7,10-11H,2-6H2,1H3. The third-order valence-electron chi connectivity index (χ3n) is 2.25. The molecule has 0 aromatic rings. The van der Waals surface area contributed by atoms with E-state index in [2.05, 4.69) is 10.1 Å². The maximum absolute atomic E-state index is 10.8. The molecule has 2 N–H and O–H groups in total. The fourth-order valence-electron chi connectivity index (χ4n) is 1.48. The summed E-state index contributed by atoms with van der Waals surface area (Å²) in [6.07, 6.45) is 3.08. The van der Waals surface area contributed by atoms with Crippen molar-refractivity contribution in [3.8, 4) is 0 Å². The number of piperidine rings is 1. The number of carbonyl (C=O) groups is 1. The van der Waals surface area contributed by atoms with E-state index < -0.39 is 0 Å². The number of ether oxygens (including phenoxy) is 1. The van der Waals surface area contributed by atoms with Gasteiger partial charge in [0, 0.05) is 12.5 Å². The molecule has 0 bridgehead atoms. The number of aliphatic hydroxyl groups excluding tert-OH is 1. The summed E-state index contributed by atoms with van der Waals surface area (Å²) in [4.78, 5) is 10.8. The SMILES string of the molecule is COC(=O)CCC1C[C](O)CCN1. The molecule has 75 valence electrons. The van der Waals surface area contributed by atoms with Gasteiger partial charge in [-0.15, -0.1) is 0 Å². The minimum atomic E-state index is -0.188. The highest BCUT2D eigenvalue weighted by Crippen LogP contribution is 2.17. The van der Waals surface area contributed by atoms with E-state index in [-0.39, 0.29) is 12.0 Å². The summed E-state index contributed by atoms with van der Waals surface area (Å²) in [5.41, 5.74) is 0. The van der Waals surface area contributed by atoms with Crippen LogP contribution in [0.2, 0.25) is 0 Å². The Morgan fingerprint density at radius 2 is 2.54 bits per heavy atom. The van der Waals surface area contributed by atoms with E-state index in [4.69, 9.17) is 0 Å². The molecule has 0 aromatic heterocycles. The highest BCUT2D eigenvalue weighted by Gasteiger charge is 2.20. The molecule has 13 heavy (non-hydrogen) atoms. The third kappa shape index (κ3) is 3.74. The number of hydrogen-bond donors (Lipinski definition) is 2. The number of methoxy groups -OCH3 is 1. The van der Waals surface area contributed by atoms with E-state index >= 15 is 0 Å². The van der Waals surface area contributed by atoms with Crippen LogP contribution >= 0.6 is 0 Å². The molecule has 1 saturated heterocycles. The molecule has 0 spiro atoms. The minimum Gasteiger partial charge on any atom is -0.469 e. The van der Waals surface area contributed by atoms with Gasteiger partial charge in [0.25, 0.3) is 0 Å². The summed E-state index contributed by atoms with van der Waals surface area (Å²) in [7, 11) is 1.39. The summed E-state index contributed by atoms with van der Waals surface area (Å²) in [5.74, 6) is -0.188. The highest BCUT2D eigenvalue weighted by molar-refractivity contribution is 5.69. The zero-order valence-corrected chi connectivity index (χ0v) is 7.88. The Morgan fingerprint density at radius 1 is 1.77 bits per heavy atom. The van der Waals surface area contributed by atoms with Crippen LogP contribution in [0.5, 0.6) is 0 Å². The number of esters is 1. The average molecular weight is 186 g/mol. The van der Waals surface area contributed by atoms with Crippen LogP contribution in [0.3, 0.4) is 0 Å². The van der Waals surface area contributed by atoms with Gasteiger partial charge < -0.3 is 15.2 Å². The molecule has 1 aliphatic rings. The van der Waals surface area contributed by atoms with Gasteiger partial charge in [0.1, 0.15) is 0 Å². The molecule has 0 aromatic carbocycles. The van der Waals surface area contributed by atoms with Crippen molar-refractivity contribution >= 4 is 5.97 Å². The van der Waals surface area contributed by atoms with E-state index in [0.29, 0.717) is 18.9 Å². The Morgan fingerprint density at radius 3 is 3.15 bits per heavy atom. The fourth-order valence-corrected chi connectivity index (χ4v) is 1.48. The Bertz CT molecular complexity index is 172. The second-order valence-corrected chi connectivity index (χ2v) is 3.29. The number of hydrogen-bond acceptors (Lipinski definition) is 4. The predicted molar refractivity (Wildman–Crippen MR) is 47.5 cm³/mol.